The SMILES string of the molecule is C\C=C/C=C(C(=O)C(F)(F)F)\C(=C/C)NC(=O)C(C)(C)C. The number of carbonyl (C=O) groups excluding carboxylic acids is 2. The fourth-order valence-electron chi connectivity index (χ4n) is 1.24. The lowest BCUT2D eigenvalue weighted by Crippen LogP contribution is -2.37. The summed E-state index contributed by atoms with van der Waals surface area (Å²) < 4.78 is 37.9. The molecule has 0 atom stereocenters. The van der Waals surface area contributed by atoms with E-state index in [1.165, 1.54) is 25.2 Å². The van der Waals surface area contributed by atoms with E-state index < -0.39 is 28.9 Å². The molecule has 6 heteroatoms. The van der Waals surface area contributed by atoms with Crippen LogP contribution in [0.3, 0.4) is 0 Å². The minimum Gasteiger partial charge on any atom is -0.325 e. The van der Waals surface area contributed by atoms with Gasteiger partial charge < -0.3 is 5.32 Å². The highest BCUT2D eigenvalue weighted by Crippen LogP contribution is 2.25. The van der Waals surface area contributed by atoms with Gasteiger partial charge in [0, 0.05) is 11.1 Å². The zero-order valence-electron chi connectivity index (χ0n) is 12.8. The molecule has 0 saturated heterocycles. The molecule has 3 nitrogen and oxygen atoms in total. The standard InChI is InChI=1S/C15H20F3NO2/c1-6-8-9-10(12(20)15(16,17)18)11(7-2)19-13(21)14(3,4)5/h6-9H,1-5H3,(H,19,21)/b8-6-,10-9+,11-7+. The Morgan fingerprint density at radius 1 is 1.05 bits per heavy atom. The molecule has 0 heterocycles. The molecule has 0 aromatic heterocycles. The number of alkyl halides is 3. The summed E-state index contributed by atoms with van der Waals surface area (Å²) in [5.74, 6) is -2.47. The van der Waals surface area contributed by atoms with E-state index in [1.54, 1.807) is 27.7 Å². The fourth-order valence-corrected chi connectivity index (χ4v) is 1.24. The van der Waals surface area contributed by atoms with E-state index in [0.29, 0.717) is 0 Å². The summed E-state index contributed by atoms with van der Waals surface area (Å²) >= 11 is 0. The van der Waals surface area contributed by atoms with Crippen molar-refractivity contribution in [3.05, 3.63) is 35.6 Å². The lowest BCUT2D eigenvalue weighted by atomic mass is 9.95. The van der Waals surface area contributed by atoms with E-state index in [4.69, 9.17) is 0 Å². The Labute approximate surface area is 122 Å². The van der Waals surface area contributed by atoms with Gasteiger partial charge in [-0.3, -0.25) is 9.59 Å². The van der Waals surface area contributed by atoms with Gasteiger partial charge in [0.2, 0.25) is 5.91 Å². The van der Waals surface area contributed by atoms with Gasteiger partial charge in [0.25, 0.3) is 5.78 Å². The van der Waals surface area contributed by atoms with Crippen molar-refractivity contribution >= 4 is 11.7 Å². The number of hydrogen-bond donors (Lipinski definition) is 1. The van der Waals surface area contributed by atoms with Crippen LogP contribution < -0.4 is 5.32 Å². The predicted molar refractivity (Wildman–Crippen MR) is 75.3 cm³/mol. The van der Waals surface area contributed by atoms with Gasteiger partial charge in [0.15, 0.2) is 0 Å². The Morgan fingerprint density at radius 2 is 1.57 bits per heavy atom. The first-order chi connectivity index (χ1) is 9.45. The monoisotopic (exact) mass is 303 g/mol. The molecule has 0 radical (unpaired) electrons. The van der Waals surface area contributed by atoms with Crippen LogP contribution >= 0.6 is 0 Å². The highest BCUT2D eigenvalue weighted by molar-refractivity contribution is 6.04. The second-order valence-corrected chi connectivity index (χ2v) is 5.34. The molecular formula is C15H20F3NO2. The fraction of sp³-hybridized carbons (Fsp3) is 0.467. The Hall–Kier alpha value is -1.85. The molecule has 0 aliphatic heterocycles. The third kappa shape index (κ3) is 5.97. The first-order valence-corrected chi connectivity index (χ1v) is 6.37. The van der Waals surface area contributed by atoms with Crippen molar-refractivity contribution in [1.82, 2.24) is 5.32 Å². The normalized spacial score (nSPS) is 14.5. The van der Waals surface area contributed by atoms with Crippen molar-refractivity contribution in [3.8, 4) is 0 Å². The maximum absolute atomic E-state index is 12.6. The van der Waals surface area contributed by atoms with Gasteiger partial charge in [-0.25, -0.2) is 0 Å². The Morgan fingerprint density at radius 3 is 1.90 bits per heavy atom. The van der Waals surface area contributed by atoms with E-state index >= 15 is 0 Å². The molecule has 1 amide bonds. The van der Waals surface area contributed by atoms with Crippen molar-refractivity contribution < 1.29 is 22.8 Å². The van der Waals surface area contributed by atoms with Crippen LogP contribution in [0.4, 0.5) is 13.2 Å². The highest BCUT2D eigenvalue weighted by Gasteiger charge is 2.41. The summed E-state index contributed by atoms with van der Waals surface area (Å²) in [4.78, 5) is 23.4. The van der Waals surface area contributed by atoms with Gasteiger partial charge in [0.05, 0.1) is 5.57 Å². The highest BCUT2D eigenvalue weighted by atomic mass is 19.4. The number of nitrogens with one attached hydrogen (secondary N) is 1. The number of hydrogen-bond acceptors (Lipinski definition) is 2. The molecule has 118 valence electrons. The smallest absolute Gasteiger partial charge is 0.325 e. The third-order valence-corrected chi connectivity index (χ3v) is 2.47. The van der Waals surface area contributed by atoms with Gasteiger partial charge in [-0.1, -0.05) is 39.0 Å². The minimum absolute atomic E-state index is 0.157. The molecule has 0 aromatic carbocycles. The number of carbonyl (C=O) groups is 2. The number of rotatable bonds is 4. The van der Waals surface area contributed by atoms with E-state index in [9.17, 15) is 22.8 Å². The molecule has 0 bridgehead atoms. The van der Waals surface area contributed by atoms with Gasteiger partial charge in [-0.05, 0) is 19.9 Å². The molecule has 0 rings (SSSR count). The third-order valence-electron chi connectivity index (χ3n) is 2.47. The van der Waals surface area contributed by atoms with Crippen LogP contribution in [0.25, 0.3) is 0 Å². The van der Waals surface area contributed by atoms with Crippen LogP contribution in [0, 0.1) is 5.41 Å². The van der Waals surface area contributed by atoms with Gasteiger partial charge in [0.1, 0.15) is 0 Å². The van der Waals surface area contributed by atoms with Crippen molar-refractivity contribution in [1.29, 1.82) is 0 Å². The van der Waals surface area contributed by atoms with E-state index in [-0.39, 0.29) is 5.70 Å². The Balaban J connectivity index is 5.62. The zero-order chi connectivity index (χ0) is 16.8. The van der Waals surface area contributed by atoms with Crippen molar-refractivity contribution in [3.63, 3.8) is 0 Å². The number of allylic oxidation sites excluding steroid dienone is 5. The molecular weight excluding hydrogens is 283 g/mol. The predicted octanol–water partition coefficient (Wildman–Crippen LogP) is 3.69. The first-order valence-electron chi connectivity index (χ1n) is 6.37. The van der Waals surface area contributed by atoms with Crippen molar-refractivity contribution in [2.24, 2.45) is 5.41 Å². The van der Waals surface area contributed by atoms with E-state index in [1.807, 2.05) is 0 Å². The van der Waals surface area contributed by atoms with Crippen LogP contribution in [0.2, 0.25) is 0 Å². The quantitative estimate of drug-likeness (QED) is 0.636. The summed E-state index contributed by atoms with van der Waals surface area (Å²) in [5, 5.41) is 2.37. The lowest BCUT2D eigenvalue weighted by Gasteiger charge is -2.20. The molecule has 21 heavy (non-hydrogen) atoms. The van der Waals surface area contributed by atoms with Crippen LogP contribution in [-0.4, -0.2) is 17.9 Å². The topological polar surface area (TPSA) is 46.2 Å². The molecule has 0 unspecified atom stereocenters. The molecule has 0 saturated carbocycles. The molecule has 1 N–H and O–H groups in total. The molecule has 0 spiro atoms. The lowest BCUT2D eigenvalue weighted by molar-refractivity contribution is -0.166. The van der Waals surface area contributed by atoms with Crippen molar-refractivity contribution in [2.75, 3.05) is 0 Å². The molecule has 0 aliphatic rings. The maximum Gasteiger partial charge on any atom is 0.454 e. The number of halogens is 3. The number of Topliss-reactive ketones (excluding diaryl/α,β-unsaturated/α-hetero) is 1. The first kappa shape index (κ1) is 19.1. The number of ketones is 1. The van der Waals surface area contributed by atoms with Gasteiger partial charge in [-0.15, -0.1) is 0 Å². The summed E-state index contributed by atoms with van der Waals surface area (Å²) in [5.41, 5.74) is -1.54. The van der Waals surface area contributed by atoms with E-state index in [0.717, 1.165) is 6.08 Å². The average molecular weight is 303 g/mol. The van der Waals surface area contributed by atoms with Gasteiger partial charge in [-0.2, -0.15) is 13.2 Å². The van der Waals surface area contributed by atoms with Crippen LogP contribution in [0.5, 0.6) is 0 Å². The Kier molecular flexibility index (Phi) is 6.60. The summed E-state index contributed by atoms with van der Waals surface area (Å²) in [6.45, 7) is 7.92. The van der Waals surface area contributed by atoms with Gasteiger partial charge >= 0.3 is 6.18 Å². The largest absolute Gasteiger partial charge is 0.454 e. The summed E-state index contributed by atoms with van der Waals surface area (Å²) in [7, 11) is 0. The second-order valence-electron chi connectivity index (χ2n) is 5.34. The average Bonchev–Trinajstić information content (AvgIpc) is 2.34. The number of amides is 1. The minimum atomic E-state index is -5.01. The summed E-state index contributed by atoms with van der Waals surface area (Å²) in [6, 6.07) is 0. The van der Waals surface area contributed by atoms with Crippen LogP contribution in [-0.2, 0) is 9.59 Å². The second kappa shape index (κ2) is 7.24. The van der Waals surface area contributed by atoms with Crippen LogP contribution in [0.1, 0.15) is 34.6 Å². The maximum atomic E-state index is 12.6. The molecule has 0 aromatic rings. The Bertz CT molecular complexity index is 492. The van der Waals surface area contributed by atoms with Crippen molar-refractivity contribution in [2.45, 2.75) is 40.8 Å². The van der Waals surface area contributed by atoms with E-state index in [2.05, 4.69) is 5.32 Å². The van der Waals surface area contributed by atoms with Crippen LogP contribution in [0.15, 0.2) is 35.6 Å². The molecule has 0 aliphatic carbocycles. The zero-order valence-corrected chi connectivity index (χ0v) is 12.8. The summed E-state index contributed by atoms with van der Waals surface area (Å²) in [6.07, 6.45) is 0.0963. The molecule has 0 fully saturated rings.